The molecule has 0 bridgehead atoms. The molecule has 0 aromatic carbocycles. The molecule has 0 aromatic rings. The van der Waals surface area contributed by atoms with Crippen LogP contribution in [0.2, 0.25) is 32.2 Å². The number of allylic oxidation sites excluding steroid dienone is 1. The largest absolute Gasteiger partial charge is 0.172 e. The molecule has 0 aliphatic heterocycles. The predicted molar refractivity (Wildman–Crippen MR) is 100 cm³/mol. The van der Waals surface area contributed by atoms with Gasteiger partial charge in [0.2, 0.25) is 0 Å². The molecule has 0 saturated carbocycles. The van der Waals surface area contributed by atoms with Crippen molar-refractivity contribution < 1.29 is 0 Å². The highest BCUT2D eigenvalue weighted by Gasteiger charge is 2.14. The summed E-state index contributed by atoms with van der Waals surface area (Å²) in [6.07, 6.45) is 3.79. The van der Waals surface area contributed by atoms with E-state index in [-0.39, 0.29) is 7.43 Å². The van der Waals surface area contributed by atoms with Crippen molar-refractivity contribution in [3.63, 3.8) is 0 Å². The Morgan fingerprint density at radius 3 is 1.61 bits per heavy atom. The first kappa shape index (κ1) is 27.6. The second kappa shape index (κ2) is 20.6. The lowest BCUT2D eigenvalue weighted by atomic mass is 10.5. The Labute approximate surface area is 137 Å². The van der Waals surface area contributed by atoms with E-state index in [0.717, 1.165) is 24.8 Å². The van der Waals surface area contributed by atoms with Gasteiger partial charge in [0.05, 0.1) is 0 Å². The van der Waals surface area contributed by atoms with Crippen molar-refractivity contribution in [3.8, 4) is 0 Å². The molecule has 0 aliphatic carbocycles. The number of rotatable bonds is 5. The summed E-state index contributed by atoms with van der Waals surface area (Å²) in [5.74, 6) is 1.45. The first-order chi connectivity index (χ1) is 7.71. The SMILES string of the molecule is C.C=CCCCl.C[SiH](C)Cl.C[Si](C)(Cl)CCCCl. The maximum absolute atomic E-state index is 5.99. The molecular formula is C12H30Cl4Si2. The van der Waals surface area contributed by atoms with E-state index in [0.29, 0.717) is 5.88 Å². The van der Waals surface area contributed by atoms with Crippen LogP contribution in [0.5, 0.6) is 0 Å². The molecular weight excluding hydrogens is 342 g/mol. The summed E-state index contributed by atoms with van der Waals surface area (Å²) < 4.78 is 0. The molecule has 0 aliphatic rings. The van der Waals surface area contributed by atoms with Crippen molar-refractivity contribution in [1.29, 1.82) is 0 Å². The summed E-state index contributed by atoms with van der Waals surface area (Å²) in [5, 5.41) is 0. The highest BCUT2D eigenvalue weighted by molar-refractivity contribution is 7.19. The van der Waals surface area contributed by atoms with Crippen LogP contribution in [-0.2, 0) is 0 Å². The van der Waals surface area contributed by atoms with Gasteiger partial charge in [0, 0.05) is 11.8 Å². The van der Waals surface area contributed by atoms with E-state index >= 15 is 0 Å². The zero-order valence-corrected chi connectivity index (χ0v) is 16.6. The zero-order chi connectivity index (χ0) is 14.3. The Morgan fingerprint density at radius 2 is 1.56 bits per heavy atom. The van der Waals surface area contributed by atoms with Crippen LogP contribution < -0.4 is 0 Å². The molecule has 114 valence electrons. The standard InChI is InChI=1S/C5H12Cl2Si.C4H7Cl.C2H7ClSi.CH4/c1-8(2,7)5-3-4-6;1-2-3-4-5;1-4(2)3;/h3-5H2,1-2H3;2H,1,3-4H2;4H,1-2H3;1H4. The van der Waals surface area contributed by atoms with Gasteiger partial charge in [-0.15, -0.1) is 29.8 Å². The average Bonchev–Trinajstić information content (AvgIpc) is 2.15. The molecule has 0 amide bonds. The molecule has 0 fully saturated rings. The fourth-order valence-corrected chi connectivity index (χ4v) is 2.49. The Bertz CT molecular complexity index is 145. The third-order valence-electron chi connectivity index (χ3n) is 1.22. The lowest BCUT2D eigenvalue weighted by Gasteiger charge is -2.09. The van der Waals surface area contributed by atoms with Gasteiger partial charge < -0.3 is 0 Å². The minimum Gasteiger partial charge on any atom is -0.172 e. The normalized spacial score (nSPS) is 9.39. The summed E-state index contributed by atoms with van der Waals surface area (Å²) in [7, 11) is -1.96. The van der Waals surface area contributed by atoms with Crippen LogP contribution in [0.4, 0.5) is 0 Å². The molecule has 0 radical (unpaired) electrons. The van der Waals surface area contributed by atoms with E-state index in [1.54, 1.807) is 6.08 Å². The van der Waals surface area contributed by atoms with Crippen LogP contribution >= 0.6 is 45.4 Å². The number of alkyl halides is 2. The van der Waals surface area contributed by atoms with Gasteiger partial charge in [-0.1, -0.05) is 39.7 Å². The molecule has 0 atom stereocenters. The van der Waals surface area contributed by atoms with Crippen molar-refractivity contribution in [2.75, 3.05) is 11.8 Å². The maximum atomic E-state index is 5.99. The Hall–Kier alpha value is 1.33. The topological polar surface area (TPSA) is 0 Å². The molecule has 0 aromatic heterocycles. The fraction of sp³-hybridized carbons (Fsp3) is 0.833. The van der Waals surface area contributed by atoms with E-state index in [9.17, 15) is 0 Å². The molecule has 0 N–H and O–H groups in total. The van der Waals surface area contributed by atoms with Gasteiger partial charge in [0.15, 0.2) is 7.38 Å². The van der Waals surface area contributed by atoms with E-state index in [4.69, 9.17) is 45.4 Å². The van der Waals surface area contributed by atoms with Crippen LogP contribution in [0.15, 0.2) is 12.7 Å². The van der Waals surface area contributed by atoms with Gasteiger partial charge in [0.1, 0.15) is 8.11 Å². The van der Waals surface area contributed by atoms with Gasteiger partial charge >= 0.3 is 0 Å². The van der Waals surface area contributed by atoms with Crippen molar-refractivity contribution in [3.05, 3.63) is 12.7 Å². The predicted octanol–water partition coefficient (Wildman–Crippen LogP) is 6.71. The lowest BCUT2D eigenvalue weighted by Crippen LogP contribution is -2.15. The minimum absolute atomic E-state index is 0. The molecule has 0 unspecified atom stereocenters. The summed E-state index contributed by atoms with van der Waals surface area (Å²) >= 11 is 22.1. The molecule has 0 saturated heterocycles. The van der Waals surface area contributed by atoms with E-state index < -0.39 is 15.5 Å². The minimum atomic E-state index is -1.29. The summed E-state index contributed by atoms with van der Waals surface area (Å²) in [6, 6.07) is 1.14. The summed E-state index contributed by atoms with van der Waals surface area (Å²) in [6.45, 7) is 11.9. The van der Waals surface area contributed by atoms with E-state index in [1.165, 1.54) is 0 Å². The van der Waals surface area contributed by atoms with Gasteiger partial charge in [0.25, 0.3) is 0 Å². The van der Waals surface area contributed by atoms with Gasteiger partial charge in [-0.05, 0) is 18.9 Å². The molecule has 0 heterocycles. The zero-order valence-electron chi connectivity index (χ0n) is 11.4. The third kappa shape index (κ3) is 66.6. The van der Waals surface area contributed by atoms with Crippen LogP contribution in [0.3, 0.4) is 0 Å². The molecule has 6 heteroatoms. The van der Waals surface area contributed by atoms with Crippen LogP contribution in [0.1, 0.15) is 20.3 Å². The van der Waals surface area contributed by atoms with Crippen molar-refractivity contribution in [1.82, 2.24) is 0 Å². The van der Waals surface area contributed by atoms with Crippen LogP contribution in [0.25, 0.3) is 0 Å². The van der Waals surface area contributed by atoms with Crippen molar-refractivity contribution in [2.24, 2.45) is 0 Å². The second-order valence-corrected chi connectivity index (χ2v) is 16.7. The maximum Gasteiger partial charge on any atom is 0.150 e. The molecule has 0 rings (SSSR count). The highest BCUT2D eigenvalue weighted by atomic mass is 35.6. The number of hydrogen-bond donors (Lipinski definition) is 0. The van der Waals surface area contributed by atoms with Crippen molar-refractivity contribution in [2.45, 2.75) is 52.5 Å². The average molecular weight is 372 g/mol. The second-order valence-electron chi connectivity index (χ2n) is 4.29. The van der Waals surface area contributed by atoms with Gasteiger partial charge in [-0.3, -0.25) is 0 Å². The third-order valence-corrected chi connectivity index (χ3v) is 3.81. The van der Waals surface area contributed by atoms with Gasteiger partial charge in [-0.2, -0.15) is 22.2 Å². The molecule has 18 heavy (non-hydrogen) atoms. The first-order valence-electron chi connectivity index (χ1n) is 5.77. The quantitative estimate of drug-likeness (QED) is 0.218. The number of hydrogen-bond acceptors (Lipinski definition) is 0. The monoisotopic (exact) mass is 370 g/mol. The Balaban J connectivity index is -0.0000000855. The molecule has 0 spiro atoms. The van der Waals surface area contributed by atoms with Crippen molar-refractivity contribution >= 4 is 60.9 Å². The summed E-state index contributed by atoms with van der Waals surface area (Å²) in [4.78, 5) is 0. The summed E-state index contributed by atoms with van der Waals surface area (Å²) in [5.41, 5.74) is 0. The van der Waals surface area contributed by atoms with Gasteiger partial charge in [-0.25, -0.2) is 0 Å². The smallest absolute Gasteiger partial charge is 0.150 e. The fourth-order valence-electron chi connectivity index (χ4n) is 0.564. The Kier molecular flexibility index (Phi) is 31.7. The molecule has 0 nitrogen and oxygen atoms in total. The number of halogens is 4. The first-order valence-corrected chi connectivity index (χ1v) is 15.1. The lowest BCUT2D eigenvalue weighted by molar-refractivity contribution is 1.07. The van der Waals surface area contributed by atoms with Crippen LogP contribution in [-0.4, -0.2) is 27.3 Å². The highest BCUT2D eigenvalue weighted by Crippen LogP contribution is 2.16. The van der Waals surface area contributed by atoms with Crippen LogP contribution in [0, 0.1) is 0 Å². The van der Waals surface area contributed by atoms with E-state index in [1.807, 2.05) is 0 Å². The van der Waals surface area contributed by atoms with E-state index in [2.05, 4.69) is 32.8 Å². The Morgan fingerprint density at radius 1 is 1.17 bits per heavy atom.